The lowest BCUT2D eigenvalue weighted by molar-refractivity contribution is -0.166. The normalized spacial score (nSPS) is 12.1. The smallest absolute Gasteiger partial charge is 0.326 e. The van der Waals surface area contributed by atoms with Gasteiger partial charge in [0.25, 0.3) is 0 Å². The third kappa shape index (κ3) is 31.6. The van der Waals surface area contributed by atoms with Crippen molar-refractivity contribution in [2.24, 2.45) is 5.73 Å². The standard InChI is InChI=1S/C12H15NO4.C11H20N2O3.4C2H6/c1-9(14)16-8-17-12(15)11(13)7-10-5-3-2-4-6-10;1-10(14)2-3-11(15)12-4-5-13-6-8-16-9-7-13;4*1-2/h2-6,11H,7-8,13H2,1H3;2-9H2,1H3,(H,12,15);4*1-2H3. The van der Waals surface area contributed by atoms with E-state index >= 15 is 0 Å². The summed E-state index contributed by atoms with van der Waals surface area (Å²) in [5.41, 5.74) is 6.60. The van der Waals surface area contributed by atoms with E-state index in [0.717, 1.165) is 38.4 Å². The van der Waals surface area contributed by atoms with Gasteiger partial charge in [-0.05, 0) is 18.9 Å². The van der Waals surface area contributed by atoms with Crippen molar-refractivity contribution in [1.29, 1.82) is 0 Å². The summed E-state index contributed by atoms with van der Waals surface area (Å²) in [4.78, 5) is 46.0. The van der Waals surface area contributed by atoms with Crippen LogP contribution in [-0.2, 0) is 39.8 Å². The molecule has 1 fully saturated rings. The Morgan fingerprint density at radius 2 is 1.41 bits per heavy atom. The van der Waals surface area contributed by atoms with Crippen molar-refractivity contribution in [3.63, 3.8) is 0 Å². The molecule has 1 saturated heterocycles. The Kier molecular flexibility index (Phi) is 38.8. The van der Waals surface area contributed by atoms with Crippen LogP contribution in [0.25, 0.3) is 0 Å². The van der Waals surface area contributed by atoms with Crippen LogP contribution in [0.3, 0.4) is 0 Å². The van der Waals surface area contributed by atoms with Crippen molar-refractivity contribution in [3.8, 4) is 0 Å². The van der Waals surface area contributed by atoms with Gasteiger partial charge in [0.1, 0.15) is 11.8 Å². The molecule has 3 N–H and O–H groups in total. The van der Waals surface area contributed by atoms with E-state index < -0.39 is 24.8 Å². The van der Waals surface area contributed by atoms with Gasteiger partial charge in [-0.3, -0.25) is 19.3 Å². The molecule has 0 spiro atoms. The fraction of sp³-hybridized carbons (Fsp3) is 0.677. The zero-order chi connectivity index (χ0) is 32.5. The third-order valence-electron chi connectivity index (χ3n) is 4.62. The highest BCUT2D eigenvalue weighted by atomic mass is 16.7. The third-order valence-corrected chi connectivity index (χ3v) is 4.62. The van der Waals surface area contributed by atoms with Crippen LogP contribution in [0.15, 0.2) is 30.3 Å². The zero-order valence-corrected chi connectivity index (χ0v) is 27.4. The van der Waals surface area contributed by atoms with Gasteiger partial charge in [0.15, 0.2) is 0 Å². The van der Waals surface area contributed by atoms with Crippen molar-refractivity contribution < 1.29 is 33.4 Å². The van der Waals surface area contributed by atoms with Crippen molar-refractivity contribution in [1.82, 2.24) is 10.2 Å². The monoisotopic (exact) mass is 585 g/mol. The van der Waals surface area contributed by atoms with E-state index in [-0.39, 0.29) is 11.7 Å². The van der Waals surface area contributed by atoms with E-state index in [4.69, 9.17) is 10.5 Å². The Bertz CT molecular complexity index is 740. The van der Waals surface area contributed by atoms with E-state index in [1.807, 2.05) is 85.7 Å². The maximum Gasteiger partial charge on any atom is 0.326 e. The second-order valence-corrected chi connectivity index (χ2v) is 7.52. The first kappa shape index (κ1) is 45.2. The minimum Gasteiger partial charge on any atom is -0.428 e. The predicted molar refractivity (Wildman–Crippen MR) is 166 cm³/mol. The van der Waals surface area contributed by atoms with Crippen LogP contribution in [0.5, 0.6) is 0 Å². The Balaban J connectivity index is -0.000000268. The van der Waals surface area contributed by atoms with Crippen molar-refractivity contribution >= 4 is 23.6 Å². The van der Waals surface area contributed by atoms with Gasteiger partial charge in [-0.1, -0.05) is 85.7 Å². The number of esters is 2. The van der Waals surface area contributed by atoms with Crippen LogP contribution in [-0.4, -0.2) is 80.8 Å². The van der Waals surface area contributed by atoms with Gasteiger partial charge in [0.2, 0.25) is 12.7 Å². The first-order valence-electron chi connectivity index (χ1n) is 14.9. The molecule has 0 bridgehead atoms. The number of amides is 1. The number of carbonyl (C=O) groups excluding carboxylic acids is 4. The molecule has 1 amide bonds. The molecule has 1 aromatic carbocycles. The number of nitrogens with two attached hydrogens (primary N) is 1. The lowest BCUT2D eigenvalue weighted by Crippen LogP contribution is -2.41. The summed E-state index contributed by atoms with van der Waals surface area (Å²) in [7, 11) is 0. The molecule has 1 aliphatic heterocycles. The molecule has 0 aliphatic carbocycles. The molecule has 2 rings (SSSR count). The molecule has 0 radical (unpaired) electrons. The van der Waals surface area contributed by atoms with Crippen molar-refractivity contribution in [2.45, 2.75) is 94.5 Å². The number of rotatable bonds is 11. The summed E-state index contributed by atoms with van der Waals surface area (Å²) >= 11 is 0. The number of carbonyl (C=O) groups is 4. The Morgan fingerprint density at radius 3 is 1.90 bits per heavy atom. The second-order valence-electron chi connectivity index (χ2n) is 7.52. The van der Waals surface area contributed by atoms with E-state index in [0.29, 0.717) is 25.8 Å². The van der Waals surface area contributed by atoms with E-state index in [1.165, 1.54) is 13.8 Å². The number of Topliss-reactive ketones (excluding diaryl/α,β-unsaturated/α-hetero) is 1. The maximum atomic E-state index is 11.4. The van der Waals surface area contributed by atoms with Crippen LogP contribution in [0.4, 0.5) is 0 Å². The van der Waals surface area contributed by atoms with Gasteiger partial charge < -0.3 is 30.1 Å². The summed E-state index contributed by atoms with van der Waals surface area (Å²) in [6, 6.07) is 8.61. The molecule has 1 atom stereocenters. The maximum absolute atomic E-state index is 11.4. The summed E-state index contributed by atoms with van der Waals surface area (Å²) < 4.78 is 14.4. The lowest BCUT2D eigenvalue weighted by atomic mass is 10.1. The van der Waals surface area contributed by atoms with Crippen LogP contribution < -0.4 is 11.1 Å². The fourth-order valence-corrected chi connectivity index (χ4v) is 2.79. The zero-order valence-electron chi connectivity index (χ0n) is 27.4. The van der Waals surface area contributed by atoms with Crippen LogP contribution in [0.1, 0.15) is 87.6 Å². The lowest BCUT2D eigenvalue weighted by Gasteiger charge is -2.26. The summed E-state index contributed by atoms with van der Waals surface area (Å²) in [5.74, 6) is -1.07. The van der Waals surface area contributed by atoms with E-state index in [2.05, 4.69) is 19.7 Å². The van der Waals surface area contributed by atoms with Gasteiger partial charge in [0, 0.05) is 45.9 Å². The predicted octanol–water partition coefficient (Wildman–Crippen LogP) is 4.53. The molecular weight excluding hydrogens is 526 g/mol. The average Bonchev–Trinajstić information content (AvgIpc) is 3.01. The summed E-state index contributed by atoms with van der Waals surface area (Å²) in [6.45, 7) is 23.3. The van der Waals surface area contributed by atoms with Gasteiger partial charge in [0.05, 0.1) is 13.2 Å². The molecule has 1 aliphatic rings. The summed E-state index contributed by atoms with van der Waals surface area (Å²) in [5, 5.41) is 2.81. The molecule has 0 saturated carbocycles. The number of nitrogens with one attached hydrogen (secondary N) is 1. The highest BCUT2D eigenvalue weighted by Crippen LogP contribution is 2.03. The minimum absolute atomic E-state index is 0.0385. The van der Waals surface area contributed by atoms with Crippen molar-refractivity contribution in [3.05, 3.63) is 35.9 Å². The second kappa shape index (κ2) is 35.2. The van der Waals surface area contributed by atoms with Gasteiger partial charge in [-0.2, -0.15) is 0 Å². The molecule has 1 aromatic rings. The number of ether oxygens (including phenoxy) is 3. The van der Waals surface area contributed by atoms with Crippen LogP contribution >= 0.6 is 0 Å². The van der Waals surface area contributed by atoms with Gasteiger partial charge in [-0.15, -0.1) is 0 Å². The van der Waals surface area contributed by atoms with E-state index in [9.17, 15) is 19.2 Å². The molecule has 0 aromatic heterocycles. The first-order valence-corrected chi connectivity index (χ1v) is 14.9. The minimum atomic E-state index is -0.757. The number of nitrogens with zero attached hydrogens (tertiary/aromatic N) is 1. The van der Waals surface area contributed by atoms with Gasteiger partial charge >= 0.3 is 11.9 Å². The Morgan fingerprint density at radius 1 is 0.878 bits per heavy atom. The number of hydrogen-bond acceptors (Lipinski definition) is 9. The first-order chi connectivity index (χ1) is 19.8. The Labute approximate surface area is 249 Å². The number of benzene rings is 1. The Hall–Kier alpha value is -2.82. The molecule has 10 nitrogen and oxygen atoms in total. The van der Waals surface area contributed by atoms with Crippen LogP contribution in [0, 0.1) is 0 Å². The molecule has 240 valence electrons. The topological polar surface area (TPSA) is 137 Å². The highest BCUT2D eigenvalue weighted by molar-refractivity contribution is 5.83. The SMILES string of the molecule is CC.CC.CC.CC.CC(=O)CCC(=O)NCCN1CCOCC1.CC(=O)OCOC(=O)C(N)Cc1ccccc1. The van der Waals surface area contributed by atoms with Crippen molar-refractivity contribution in [2.75, 3.05) is 46.2 Å². The number of hydrogen-bond donors (Lipinski definition) is 2. The average molecular weight is 586 g/mol. The molecule has 1 unspecified atom stereocenters. The quantitative estimate of drug-likeness (QED) is 0.283. The fourth-order valence-electron chi connectivity index (χ4n) is 2.79. The van der Waals surface area contributed by atoms with Gasteiger partial charge in [-0.25, -0.2) is 0 Å². The molecule has 10 heteroatoms. The van der Waals surface area contributed by atoms with E-state index in [1.54, 1.807) is 0 Å². The largest absolute Gasteiger partial charge is 0.428 e. The highest BCUT2D eigenvalue weighted by Gasteiger charge is 2.15. The number of ketones is 1. The summed E-state index contributed by atoms with van der Waals surface area (Å²) in [6.07, 6.45) is 1.03. The molecule has 41 heavy (non-hydrogen) atoms. The molecular formula is C31H59N3O7. The van der Waals surface area contributed by atoms with Crippen LogP contribution in [0.2, 0.25) is 0 Å². The number of morpholine rings is 1. The molecule has 1 heterocycles.